The van der Waals surface area contributed by atoms with Gasteiger partial charge in [-0.1, -0.05) is 5.92 Å². The number of halogens is 1. The summed E-state index contributed by atoms with van der Waals surface area (Å²) in [6.45, 7) is -2.63. The smallest absolute Gasteiger partial charge is 0.382 e. The van der Waals surface area contributed by atoms with Crippen molar-refractivity contribution in [2.75, 3.05) is 19.0 Å². The Morgan fingerprint density at radius 3 is 2.50 bits per heavy atom. The summed E-state index contributed by atoms with van der Waals surface area (Å²) < 4.78 is 66.5. The van der Waals surface area contributed by atoms with Crippen LogP contribution >= 0.6 is 23.5 Å². The molecule has 188 valence electrons. The first-order valence-electron chi connectivity index (χ1n) is 8.70. The Morgan fingerprint density at radius 2 is 1.91 bits per heavy atom. The van der Waals surface area contributed by atoms with Crippen molar-refractivity contribution >= 4 is 40.4 Å². The predicted octanol–water partition coefficient (Wildman–Crippen LogP) is -0.257. The Bertz CT molecular complexity index is 1280. The molecule has 0 amide bonds. The lowest BCUT2D eigenvalue weighted by atomic mass is 9.91. The van der Waals surface area contributed by atoms with Gasteiger partial charge in [0.15, 0.2) is 23.3 Å². The normalized spacial score (nSPS) is 28.9. The zero-order valence-corrected chi connectivity index (χ0v) is 19.3. The molecular weight excluding hydrogens is 530 g/mol. The van der Waals surface area contributed by atoms with Crippen molar-refractivity contribution in [1.82, 2.24) is 19.5 Å². The van der Waals surface area contributed by atoms with Gasteiger partial charge in [-0.05, 0) is 0 Å². The minimum atomic E-state index is -5.80. The fourth-order valence-electron chi connectivity index (χ4n) is 3.11. The largest absolute Gasteiger partial charge is 0.490 e. The standard InChI is InChI=1S/C13H17FN5O12P3/c1-2-13(20)3-12(4-14,5-28-33(24,25)31-34(26,27)30-32(21,22)23)29-11(13)19-7-18-8-9(15)16-6-17-10(8)19/h1,6-7,11,20H,3-5H2,(H,24,25)(H,26,27)(H2,15,16,17)(H2,21,22,23). The number of phosphoric acid groups is 3. The van der Waals surface area contributed by atoms with Crippen molar-refractivity contribution in [2.45, 2.75) is 23.9 Å². The van der Waals surface area contributed by atoms with Crippen LogP contribution in [0.15, 0.2) is 12.7 Å². The van der Waals surface area contributed by atoms with Crippen LogP contribution in [0, 0.1) is 12.3 Å². The van der Waals surface area contributed by atoms with Crippen molar-refractivity contribution in [2.24, 2.45) is 0 Å². The van der Waals surface area contributed by atoms with Gasteiger partial charge in [0.2, 0.25) is 0 Å². The molecule has 0 bridgehead atoms. The van der Waals surface area contributed by atoms with Crippen LogP contribution in [-0.4, -0.2) is 68.7 Å². The van der Waals surface area contributed by atoms with E-state index >= 15 is 0 Å². The number of anilines is 1. The summed E-state index contributed by atoms with van der Waals surface area (Å²) in [5.74, 6) is 2.02. The van der Waals surface area contributed by atoms with Gasteiger partial charge in [-0.2, -0.15) is 8.62 Å². The molecule has 2 aromatic rings. The molecule has 1 fully saturated rings. The molecule has 34 heavy (non-hydrogen) atoms. The summed E-state index contributed by atoms with van der Waals surface area (Å²) in [5, 5.41) is 10.9. The topological polar surface area (TPSA) is 259 Å². The Labute approximate surface area is 189 Å². The number of alkyl halides is 1. The lowest BCUT2D eigenvalue weighted by Crippen LogP contribution is -2.38. The first-order chi connectivity index (χ1) is 15.5. The number of phosphoric ester groups is 1. The molecule has 0 aromatic carbocycles. The third-order valence-corrected chi connectivity index (χ3v) is 8.18. The van der Waals surface area contributed by atoms with Gasteiger partial charge in [0.1, 0.15) is 24.1 Å². The number of rotatable bonds is 9. The summed E-state index contributed by atoms with van der Waals surface area (Å²) in [5.41, 5.74) is 1.42. The lowest BCUT2D eigenvalue weighted by molar-refractivity contribution is -0.122. The molecule has 1 saturated heterocycles. The molecule has 5 atom stereocenters. The highest BCUT2D eigenvalue weighted by Crippen LogP contribution is 2.66. The summed E-state index contributed by atoms with van der Waals surface area (Å²) in [6, 6.07) is 0. The van der Waals surface area contributed by atoms with Crippen molar-refractivity contribution in [3.05, 3.63) is 12.7 Å². The molecular formula is C13H17FN5O12P3. The van der Waals surface area contributed by atoms with Crippen molar-refractivity contribution in [3.63, 3.8) is 0 Å². The molecule has 0 aliphatic carbocycles. The van der Waals surface area contributed by atoms with Crippen LogP contribution < -0.4 is 5.73 Å². The van der Waals surface area contributed by atoms with Gasteiger partial charge in [0.05, 0.1) is 12.9 Å². The number of aromatic nitrogens is 4. The lowest BCUT2D eigenvalue weighted by Gasteiger charge is -2.26. The maximum Gasteiger partial charge on any atom is 0.490 e. The Hall–Kier alpha value is -1.83. The monoisotopic (exact) mass is 547 g/mol. The Kier molecular flexibility index (Phi) is 7.08. The van der Waals surface area contributed by atoms with Crippen molar-refractivity contribution in [3.8, 4) is 12.3 Å². The number of hydrogen-bond donors (Lipinski definition) is 6. The van der Waals surface area contributed by atoms with E-state index in [4.69, 9.17) is 26.7 Å². The van der Waals surface area contributed by atoms with Gasteiger partial charge in [0.25, 0.3) is 0 Å². The van der Waals surface area contributed by atoms with E-state index in [0.29, 0.717) is 0 Å². The highest BCUT2D eigenvalue weighted by molar-refractivity contribution is 7.66. The third-order valence-electron chi connectivity index (χ3n) is 4.40. The number of imidazole rings is 1. The Balaban J connectivity index is 1.85. The van der Waals surface area contributed by atoms with Crippen molar-refractivity contribution < 1.29 is 60.6 Å². The van der Waals surface area contributed by atoms with E-state index in [1.807, 2.05) is 5.92 Å². The highest BCUT2D eigenvalue weighted by Gasteiger charge is 2.57. The molecule has 0 saturated carbocycles. The van der Waals surface area contributed by atoms with Crippen LogP contribution in [0.4, 0.5) is 10.2 Å². The van der Waals surface area contributed by atoms with E-state index in [0.717, 1.165) is 17.2 Å². The van der Waals surface area contributed by atoms with Gasteiger partial charge in [-0.15, -0.1) is 6.42 Å². The number of nitrogen functional groups attached to an aromatic ring is 1. The summed E-state index contributed by atoms with van der Waals surface area (Å²) >= 11 is 0. The molecule has 5 unspecified atom stereocenters. The highest BCUT2D eigenvalue weighted by atomic mass is 31.3. The summed E-state index contributed by atoms with van der Waals surface area (Å²) in [7, 11) is -17.0. The van der Waals surface area contributed by atoms with Gasteiger partial charge in [-0.3, -0.25) is 9.09 Å². The second-order valence-corrected chi connectivity index (χ2v) is 11.4. The molecule has 0 radical (unpaired) electrons. The van der Waals surface area contributed by atoms with Crippen LogP contribution in [-0.2, 0) is 31.6 Å². The van der Waals surface area contributed by atoms with Crippen LogP contribution in [0.1, 0.15) is 12.6 Å². The molecule has 1 aliphatic rings. The molecule has 3 heterocycles. The third kappa shape index (κ3) is 5.69. The second kappa shape index (κ2) is 8.99. The number of nitrogens with zero attached hydrogens (tertiary/aromatic N) is 4. The van der Waals surface area contributed by atoms with Crippen LogP contribution in [0.5, 0.6) is 0 Å². The van der Waals surface area contributed by atoms with E-state index in [-0.39, 0.29) is 17.0 Å². The zero-order chi connectivity index (χ0) is 25.6. The molecule has 7 N–H and O–H groups in total. The van der Waals surface area contributed by atoms with Crippen LogP contribution in [0.25, 0.3) is 11.2 Å². The predicted molar refractivity (Wildman–Crippen MR) is 107 cm³/mol. The zero-order valence-electron chi connectivity index (χ0n) is 16.6. The van der Waals surface area contributed by atoms with Crippen LogP contribution in [0.3, 0.4) is 0 Å². The number of nitrogens with two attached hydrogens (primary N) is 1. The van der Waals surface area contributed by atoms with E-state index in [1.54, 1.807) is 0 Å². The molecule has 0 spiro atoms. The van der Waals surface area contributed by atoms with Crippen molar-refractivity contribution in [1.29, 1.82) is 0 Å². The average molecular weight is 547 g/mol. The van der Waals surface area contributed by atoms with Gasteiger partial charge >= 0.3 is 23.5 Å². The summed E-state index contributed by atoms with van der Waals surface area (Å²) in [4.78, 5) is 47.6. The Morgan fingerprint density at radius 1 is 1.24 bits per heavy atom. The molecule has 2 aromatic heterocycles. The molecule has 1 aliphatic heterocycles. The number of ether oxygens (including phenoxy) is 1. The number of fused-ring (bicyclic) bond motifs is 1. The van der Waals surface area contributed by atoms with Gasteiger partial charge in [0, 0.05) is 6.42 Å². The maximum absolute atomic E-state index is 14.1. The number of terminal acetylenes is 1. The SMILES string of the molecule is C#CC1(O)CC(CF)(COP(=O)(O)OP(=O)(O)OP(=O)(O)O)OC1n1cnc2c(N)ncnc21. The summed E-state index contributed by atoms with van der Waals surface area (Å²) in [6.07, 6.45) is 5.35. The minimum Gasteiger partial charge on any atom is -0.382 e. The maximum atomic E-state index is 14.1. The van der Waals surface area contributed by atoms with Crippen LogP contribution in [0.2, 0.25) is 0 Å². The van der Waals surface area contributed by atoms with Gasteiger partial charge < -0.3 is 35.2 Å². The average Bonchev–Trinajstić information content (AvgIpc) is 3.24. The number of aliphatic hydroxyl groups is 1. The fourth-order valence-corrected chi connectivity index (χ4v) is 6.20. The second-order valence-electron chi connectivity index (χ2n) is 6.98. The minimum absolute atomic E-state index is 0.0181. The van der Waals surface area contributed by atoms with E-state index in [1.165, 1.54) is 0 Å². The van der Waals surface area contributed by atoms with E-state index < -0.39 is 60.6 Å². The first-order valence-corrected chi connectivity index (χ1v) is 13.2. The quantitative estimate of drug-likeness (QED) is 0.175. The molecule has 3 rings (SSSR count). The molecule has 21 heteroatoms. The molecule has 17 nitrogen and oxygen atoms in total. The fraction of sp³-hybridized carbons (Fsp3) is 0.462. The van der Waals surface area contributed by atoms with E-state index in [2.05, 4.69) is 28.1 Å². The first kappa shape index (κ1) is 26.8. The van der Waals surface area contributed by atoms with E-state index in [9.17, 15) is 33.0 Å². The number of hydrogen-bond acceptors (Lipinski definition) is 12. The van der Waals surface area contributed by atoms with Gasteiger partial charge in [-0.25, -0.2) is 33.0 Å².